The van der Waals surface area contributed by atoms with Crippen molar-refractivity contribution in [2.24, 2.45) is 0 Å². The van der Waals surface area contributed by atoms with E-state index in [1.54, 1.807) is 17.0 Å². The van der Waals surface area contributed by atoms with Gasteiger partial charge in [-0.3, -0.25) is 4.79 Å². The third kappa shape index (κ3) is 2.31. The Morgan fingerprint density at radius 1 is 1.40 bits per heavy atom. The lowest BCUT2D eigenvalue weighted by Crippen LogP contribution is -2.45. The van der Waals surface area contributed by atoms with Gasteiger partial charge < -0.3 is 19.5 Å². The molecule has 0 bridgehead atoms. The highest BCUT2D eigenvalue weighted by Crippen LogP contribution is 2.40. The van der Waals surface area contributed by atoms with E-state index in [1.165, 1.54) is 0 Å². The first kappa shape index (κ1) is 13.5. The Bertz CT molecular complexity index is 534. The fourth-order valence-electron chi connectivity index (χ4n) is 2.71. The lowest BCUT2D eigenvalue weighted by atomic mass is 10.0. The number of nitrogens with zero attached hydrogens (tertiary/aromatic N) is 1. The molecule has 1 aromatic carbocycles. The van der Waals surface area contributed by atoms with E-state index in [0.717, 1.165) is 19.3 Å². The summed E-state index contributed by atoms with van der Waals surface area (Å²) in [4.78, 5) is 14.3. The Morgan fingerprint density at radius 3 is 3.05 bits per heavy atom. The van der Waals surface area contributed by atoms with Gasteiger partial charge in [-0.2, -0.15) is 0 Å². The molecule has 108 valence electrons. The van der Waals surface area contributed by atoms with Crippen LogP contribution in [0.25, 0.3) is 0 Å². The standard InChI is InChI=1S/C14H16ClNO4/c15-11-5-9(6-12-13(11)20-8-19-12)14(18)16-4-2-1-3-10(16)7-17/h5-6,10,17H,1-4,7-8H2. The summed E-state index contributed by atoms with van der Waals surface area (Å²) >= 11 is 6.10. The van der Waals surface area contributed by atoms with Crippen molar-refractivity contribution in [1.29, 1.82) is 0 Å². The zero-order valence-electron chi connectivity index (χ0n) is 11.0. The zero-order valence-corrected chi connectivity index (χ0v) is 11.7. The fraction of sp³-hybridized carbons (Fsp3) is 0.500. The van der Waals surface area contributed by atoms with Crippen molar-refractivity contribution in [2.45, 2.75) is 25.3 Å². The molecule has 1 atom stereocenters. The number of benzene rings is 1. The van der Waals surface area contributed by atoms with Crippen molar-refractivity contribution in [3.63, 3.8) is 0 Å². The van der Waals surface area contributed by atoms with E-state index in [4.69, 9.17) is 21.1 Å². The maximum atomic E-state index is 12.6. The van der Waals surface area contributed by atoms with Crippen LogP contribution in [-0.2, 0) is 0 Å². The summed E-state index contributed by atoms with van der Waals surface area (Å²) in [6, 6.07) is 3.14. The summed E-state index contributed by atoms with van der Waals surface area (Å²) < 4.78 is 10.5. The molecule has 5 nitrogen and oxygen atoms in total. The predicted octanol–water partition coefficient (Wildman–Crippen LogP) is 2.06. The number of piperidine rings is 1. The van der Waals surface area contributed by atoms with Crippen molar-refractivity contribution in [1.82, 2.24) is 4.90 Å². The zero-order chi connectivity index (χ0) is 14.1. The van der Waals surface area contributed by atoms with E-state index in [1.807, 2.05) is 0 Å². The molecule has 1 fully saturated rings. The predicted molar refractivity (Wildman–Crippen MR) is 73.3 cm³/mol. The Kier molecular flexibility index (Phi) is 3.72. The van der Waals surface area contributed by atoms with Crippen molar-refractivity contribution in [3.8, 4) is 11.5 Å². The van der Waals surface area contributed by atoms with Crippen molar-refractivity contribution < 1.29 is 19.4 Å². The molecule has 0 aliphatic carbocycles. The number of hydrogen-bond donors (Lipinski definition) is 1. The molecular formula is C14H16ClNO4. The lowest BCUT2D eigenvalue weighted by molar-refractivity contribution is 0.0502. The summed E-state index contributed by atoms with van der Waals surface area (Å²) in [5.74, 6) is 0.864. The number of hydrogen-bond acceptors (Lipinski definition) is 4. The van der Waals surface area contributed by atoms with Crippen LogP contribution in [0.5, 0.6) is 11.5 Å². The highest BCUT2D eigenvalue weighted by atomic mass is 35.5. The van der Waals surface area contributed by atoms with Gasteiger partial charge in [0.05, 0.1) is 17.7 Å². The Hall–Kier alpha value is -1.46. The maximum Gasteiger partial charge on any atom is 0.254 e. The van der Waals surface area contributed by atoms with Crippen molar-refractivity contribution in [2.75, 3.05) is 19.9 Å². The Balaban J connectivity index is 1.88. The molecule has 1 N–H and O–H groups in total. The molecule has 0 saturated carbocycles. The second-order valence-corrected chi connectivity index (χ2v) is 5.43. The first-order valence-corrected chi connectivity index (χ1v) is 7.09. The van der Waals surface area contributed by atoms with Gasteiger partial charge >= 0.3 is 0 Å². The van der Waals surface area contributed by atoms with Gasteiger partial charge in [0.1, 0.15) is 0 Å². The number of ether oxygens (including phenoxy) is 2. The van der Waals surface area contributed by atoms with Gasteiger partial charge in [0.25, 0.3) is 5.91 Å². The molecule has 20 heavy (non-hydrogen) atoms. The molecule has 1 amide bonds. The molecule has 1 unspecified atom stereocenters. The number of likely N-dealkylation sites (tertiary alicyclic amines) is 1. The van der Waals surface area contributed by atoms with Crippen molar-refractivity contribution in [3.05, 3.63) is 22.7 Å². The fourth-order valence-corrected chi connectivity index (χ4v) is 2.98. The average molecular weight is 298 g/mol. The van der Waals surface area contributed by atoms with Gasteiger partial charge in [-0.1, -0.05) is 11.6 Å². The molecule has 0 aromatic heterocycles. The monoisotopic (exact) mass is 297 g/mol. The van der Waals surface area contributed by atoms with E-state index < -0.39 is 0 Å². The van der Waals surface area contributed by atoms with Crippen LogP contribution in [0, 0.1) is 0 Å². The second-order valence-electron chi connectivity index (χ2n) is 5.02. The van der Waals surface area contributed by atoms with Gasteiger partial charge in [0.15, 0.2) is 11.5 Å². The topological polar surface area (TPSA) is 59.0 Å². The minimum atomic E-state index is -0.121. The Labute approximate surface area is 122 Å². The third-order valence-electron chi connectivity index (χ3n) is 3.77. The highest BCUT2D eigenvalue weighted by molar-refractivity contribution is 6.32. The van der Waals surface area contributed by atoms with Crippen LogP contribution in [0.3, 0.4) is 0 Å². The molecule has 2 aliphatic rings. The molecule has 1 saturated heterocycles. The summed E-state index contributed by atoms with van der Waals surface area (Å²) in [6.07, 6.45) is 2.83. The summed E-state index contributed by atoms with van der Waals surface area (Å²) in [7, 11) is 0. The summed E-state index contributed by atoms with van der Waals surface area (Å²) in [6.45, 7) is 0.774. The van der Waals surface area contributed by atoms with Gasteiger partial charge in [0, 0.05) is 12.1 Å². The van der Waals surface area contributed by atoms with Crippen molar-refractivity contribution >= 4 is 17.5 Å². The van der Waals surface area contributed by atoms with Crippen LogP contribution in [0.15, 0.2) is 12.1 Å². The number of halogens is 1. The van der Waals surface area contributed by atoms with E-state index in [9.17, 15) is 9.90 Å². The SMILES string of the molecule is O=C(c1cc(Cl)c2c(c1)OCO2)N1CCCCC1CO. The van der Waals surface area contributed by atoms with E-state index >= 15 is 0 Å². The molecule has 0 radical (unpaired) electrons. The van der Waals surface area contributed by atoms with Crippen LogP contribution in [-0.4, -0.2) is 41.9 Å². The molecule has 3 rings (SSSR count). The average Bonchev–Trinajstić information content (AvgIpc) is 2.95. The third-order valence-corrected chi connectivity index (χ3v) is 4.05. The van der Waals surface area contributed by atoms with Gasteiger partial charge in [-0.15, -0.1) is 0 Å². The number of carbonyl (C=O) groups is 1. The smallest absolute Gasteiger partial charge is 0.254 e. The molecule has 6 heteroatoms. The van der Waals surface area contributed by atoms with Crippen LogP contribution in [0.2, 0.25) is 5.02 Å². The van der Waals surface area contributed by atoms with Gasteiger partial charge in [0.2, 0.25) is 6.79 Å². The molecule has 2 heterocycles. The van der Waals surface area contributed by atoms with E-state index in [0.29, 0.717) is 28.6 Å². The molecule has 0 spiro atoms. The normalized spacial score (nSPS) is 21.1. The van der Waals surface area contributed by atoms with Crippen LogP contribution in [0.1, 0.15) is 29.6 Å². The Morgan fingerprint density at radius 2 is 2.25 bits per heavy atom. The summed E-state index contributed by atoms with van der Waals surface area (Å²) in [5.41, 5.74) is 0.472. The quantitative estimate of drug-likeness (QED) is 0.908. The number of aliphatic hydroxyl groups excluding tert-OH is 1. The highest BCUT2D eigenvalue weighted by Gasteiger charge is 2.29. The first-order valence-electron chi connectivity index (χ1n) is 6.71. The largest absolute Gasteiger partial charge is 0.454 e. The van der Waals surface area contributed by atoms with Gasteiger partial charge in [-0.25, -0.2) is 0 Å². The number of rotatable bonds is 2. The van der Waals surface area contributed by atoms with Gasteiger partial charge in [-0.05, 0) is 31.4 Å². The lowest BCUT2D eigenvalue weighted by Gasteiger charge is -2.34. The van der Waals surface area contributed by atoms with Crippen LogP contribution >= 0.6 is 11.6 Å². The second kappa shape index (κ2) is 5.50. The van der Waals surface area contributed by atoms with Crippen LogP contribution < -0.4 is 9.47 Å². The maximum absolute atomic E-state index is 12.6. The first-order chi connectivity index (χ1) is 9.70. The molecular weight excluding hydrogens is 282 g/mol. The minimum absolute atomic E-state index is 0.00990. The van der Waals surface area contributed by atoms with Crippen LogP contribution in [0.4, 0.5) is 0 Å². The number of aliphatic hydroxyl groups is 1. The molecule has 1 aromatic rings. The minimum Gasteiger partial charge on any atom is -0.454 e. The van der Waals surface area contributed by atoms with E-state index in [-0.39, 0.29) is 25.3 Å². The number of amides is 1. The van der Waals surface area contributed by atoms with E-state index in [2.05, 4.69) is 0 Å². The summed E-state index contributed by atoms with van der Waals surface area (Å²) in [5, 5.41) is 9.78. The number of fused-ring (bicyclic) bond motifs is 1. The molecule has 2 aliphatic heterocycles. The number of carbonyl (C=O) groups excluding carboxylic acids is 1.